The highest BCUT2D eigenvalue weighted by molar-refractivity contribution is 5.96. The summed E-state index contributed by atoms with van der Waals surface area (Å²) in [5.41, 5.74) is 5.73. The molecule has 3 rings (SSSR count). The van der Waals surface area contributed by atoms with Gasteiger partial charge in [-0.1, -0.05) is 12.1 Å². The summed E-state index contributed by atoms with van der Waals surface area (Å²) in [5, 5.41) is 0.274. The minimum Gasteiger partial charge on any atom is -0.497 e. The highest BCUT2D eigenvalue weighted by atomic mass is 19.4. The summed E-state index contributed by atoms with van der Waals surface area (Å²) in [7, 11) is 1.51. The Morgan fingerprint density at radius 2 is 1.80 bits per heavy atom. The smallest absolute Gasteiger partial charge is 0.431 e. The Morgan fingerprint density at radius 1 is 1.12 bits per heavy atom. The van der Waals surface area contributed by atoms with Crippen LogP contribution in [0.25, 0.3) is 10.9 Å². The van der Waals surface area contributed by atoms with E-state index >= 15 is 0 Å². The maximum absolute atomic E-state index is 13.4. The van der Waals surface area contributed by atoms with Crippen LogP contribution in [0.4, 0.5) is 18.9 Å². The lowest BCUT2D eigenvalue weighted by Crippen LogP contribution is -2.21. The van der Waals surface area contributed by atoms with Crippen molar-refractivity contribution in [2.45, 2.75) is 12.6 Å². The third kappa shape index (κ3) is 3.31. The summed E-state index contributed by atoms with van der Waals surface area (Å²) in [4.78, 5) is 12.6. The standard InChI is InChI=1S/C18H15F3N2O2/c1-25-14-5-2-11(3-6-14)8-17(24)23-15-7-4-13(22)9-12(15)10-16(23)18(19,20)21/h2-7,9-10H,8,22H2,1H3. The van der Waals surface area contributed by atoms with Crippen molar-refractivity contribution < 1.29 is 22.7 Å². The number of nitrogens with two attached hydrogens (primary N) is 1. The fraction of sp³-hybridized carbons (Fsp3) is 0.167. The van der Waals surface area contributed by atoms with Gasteiger partial charge in [-0.25, -0.2) is 0 Å². The summed E-state index contributed by atoms with van der Waals surface area (Å²) < 4.78 is 45.8. The van der Waals surface area contributed by atoms with Crippen molar-refractivity contribution in [2.24, 2.45) is 0 Å². The molecule has 0 saturated carbocycles. The first-order valence-corrected chi connectivity index (χ1v) is 7.44. The summed E-state index contributed by atoms with van der Waals surface area (Å²) in [6.45, 7) is 0. The van der Waals surface area contributed by atoms with Gasteiger partial charge >= 0.3 is 6.18 Å². The molecule has 0 spiro atoms. The average Bonchev–Trinajstić information content (AvgIpc) is 2.94. The normalized spacial score (nSPS) is 11.7. The molecule has 0 aliphatic heterocycles. The molecule has 0 bridgehead atoms. The fourth-order valence-corrected chi connectivity index (χ4v) is 2.71. The van der Waals surface area contributed by atoms with Crippen molar-refractivity contribution in [2.75, 3.05) is 12.8 Å². The molecule has 0 aliphatic rings. The number of alkyl halides is 3. The molecule has 2 aromatic carbocycles. The molecular formula is C18H15F3N2O2. The average molecular weight is 348 g/mol. The van der Waals surface area contributed by atoms with E-state index in [4.69, 9.17) is 10.5 Å². The van der Waals surface area contributed by atoms with E-state index < -0.39 is 17.8 Å². The highest BCUT2D eigenvalue weighted by Gasteiger charge is 2.37. The first-order chi connectivity index (χ1) is 11.8. The van der Waals surface area contributed by atoms with E-state index in [9.17, 15) is 18.0 Å². The Balaban J connectivity index is 2.04. The number of ether oxygens (including phenoxy) is 1. The molecule has 4 nitrogen and oxygen atoms in total. The van der Waals surface area contributed by atoms with E-state index in [2.05, 4.69) is 0 Å². The Kier molecular flexibility index (Phi) is 4.16. The SMILES string of the molecule is COc1ccc(CC(=O)n2c(C(F)(F)F)cc3cc(N)ccc32)cc1. The van der Waals surface area contributed by atoms with Crippen LogP contribution in [-0.2, 0) is 12.6 Å². The number of rotatable bonds is 3. The van der Waals surface area contributed by atoms with Gasteiger partial charge in [-0.15, -0.1) is 0 Å². The van der Waals surface area contributed by atoms with Gasteiger partial charge in [-0.05, 0) is 42.0 Å². The molecule has 0 unspecified atom stereocenters. The van der Waals surface area contributed by atoms with E-state index in [1.165, 1.54) is 25.3 Å². The summed E-state index contributed by atoms with van der Waals surface area (Å²) >= 11 is 0. The first-order valence-electron chi connectivity index (χ1n) is 7.44. The van der Waals surface area contributed by atoms with Gasteiger partial charge in [0.15, 0.2) is 0 Å². The Labute approximate surface area is 141 Å². The number of carbonyl (C=O) groups excluding carboxylic acids is 1. The number of nitrogens with zero attached hydrogens (tertiary/aromatic N) is 1. The zero-order valence-electron chi connectivity index (χ0n) is 13.3. The molecular weight excluding hydrogens is 333 g/mol. The number of methoxy groups -OCH3 is 1. The molecule has 130 valence electrons. The zero-order chi connectivity index (χ0) is 18.2. The van der Waals surface area contributed by atoms with Crippen LogP contribution in [0.3, 0.4) is 0 Å². The van der Waals surface area contributed by atoms with Crippen LogP contribution in [0.5, 0.6) is 5.75 Å². The van der Waals surface area contributed by atoms with Crippen molar-refractivity contribution in [3.63, 3.8) is 0 Å². The van der Waals surface area contributed by atoms with Crippen LogP contribution in [0.15, 0.2) is 48.5 Å². The monoisotopic (exact) mass is 348 g/mol. The fourth-order valence-electron chi connectivity index (χ4n) is 2.71. The van der Waals surface area contributed by atoms with Crippen LogP contribution >= 0.6 is 0 Å². The molecule has 2 N–H and O–H groups in total. The first kappa shape index (κ1) is 16.9. The van der Waals surface area contributed by atoms with Gasteiger partial charge in [0.1, 0.15) is 11.4 Å². The zero-order valence-corrected chi connectivity index (χ0v) is 13.3. The third-order valence-electron chi connectivity index (χ3n) is 3.88. The van der Waals surface area contributed by atoms with Crippen LogP contribution < -0.4 is 10.5 Å². The highest BCUT2D eigenvalue weighted by Crippen LogP contribution is 2.35. The summed E-state index contributed by atoms with van der Waals surface area (Å²) in [6, 6.07) is 11.9. The summed E-state index contributed by atoms with van der Waals surface area (Å²) in [5.74, 6) is -0.0636. The Hall–Kier alpha value is -2.96. The Morgan fingerprint density at radius 3 is 2.40 bits per heavy atom. The van der Waals surface area contributed by atoms with Crippen molar-refractivity contribution in [1.29, 1.82) is 0 Å². The van der Waals surface area contributed by atoms with Gasteiger partial charge in [0.2, 0.25) is 5.91 Å². The predicted molar refractivity (Wildman–Crippen MR) is 88.7 cm³/mol. The number of nitrogen functional groups attached to an aromatic ring is 1. The van der Waals surface area contributed by atoms with Gasteiger partial charge in [0.25, 0.3) is 0 Å². The maximum atomic E-state index is 13.4. The second-order valence-electron chi connectivity index (χ2n) is 5.60. The van der Waals surface area contributed by atoms with Gasteiger partial charge in [0, 0.05) is 11.1 Å². The van der Waals surface area contributed by atoms with Crippen molar-refractivity contribution in [3.8, 4) is 5.75 Å². The quantitative estimate of drug-likeness (QED) is 0.724. The summed E-state index contributed by atoms with van der Waals surface area (Å²) in [6.07, 6.45) is -4.81. The Bertz CT molecular complexity index is 928. The van der Waals surface area contributed by atoms with Crippen molar-refractivity contribution in [3.05, 3.63) is 59.8 Å². The van der Waals surface area contributed by atoms with Gasteiger partial charge < -0.3 is 10.5 Å². The molecule has 0 radical (unpaired) electrons. The maximum Gasteiger partial charge on any atom is 0.431 e. The van der Waals surface area contributed by atoms with Gasteiger partial charge in [-0.2, -0.15) is 13.2 Å². The molecule has 3 aromatic rings. The van der Waals surface area contributed by atoms with E-state index in [-0.39, 0.29) is 17.3 Å². The molecule has 0 fully saturated rings. The lowest BCUT2D eigenvalue weighted by Gasteiger charge is -2.12. The minimum absolute atomic E-state index is 0.165. The van der Waals surface area contributed by atoms with Crippen LogP contribution in [0, 0.1) is 0 Å². The number of carbonyl (C=O) groups is 1. The molecule has 0 saturated heterocycles. The second kappa shape index (κ2) is 6.16. The van der Waals surface area contributed by atoms with Crippen LogP contribution in [-0.4, -0.2) is 17.6 Å². The number of fused-ring (bicyclic) bond motifs is 1. The molecule has 0 aliphatic carbocycles. The van der Waals surface area contributed by atoms with E-state index in [1.54, 1.807) is 24.3 Å². The number of benzene rings is 2. The van der Waals surface area contributed by atoms with Crippen molar-refractivity contribution >= 4 is 22.5 Å². The number of hydrogen-bond donors (Lipinski definition) is 1. The number of hydrogen-bond acceptors (Lipinski definition) is 3. The molecule has 1 aromatic heterocycles. The van der Waals surface area contributed by atoms with E-state index in [0.717, 1.165) is 6.07 Å². The third-order valence-corrected chi connectivity index (χ3v) is 3.88. The van der Waals surface area contributed by atoms with E-state index in [1.807, 2.05) is 0 Å². The topological polar surface area (TPSA) is 57.2 Å². The minimum atomic E-state index is -4.65. The van der Waals surface area contributed by atoms with Crippen molar-refractivity contribution in [1.82, 2.24) is 4.57 Å². The van der Waals surface area contributed by atoms with E-state index in [0.29, 0.717) is 21.6 Å². The molecule has 0 amide bonds. The van der Waals surface area contributed by atoms with Crippen LogP contribution in [0.1, 0.15) is 16.1 Å². The number of anilines is 1. The van der Waals surface area contributed by atoms with Gasteiger partial charge in [-0.3, -0.25) is 9.36 Å². The lowest BCUT2D eigenvalue weighted by atomic mass is 10.1. The predicted octanol–water partition coefficient (Wildman–Crippen LogP) is 4.13. The van der Waals surface area contributed by atoms with Crippen LogP contribution in [0.2, 0.25) is 0 Å². The molecule has 7 heteroatoms. The molecule has 1 heterocycles. The molecule has 25 heavy (non-hydrogen) atoms. The lowest BCUT2D eigenvalue weighted by molar-refractivity contribution is -0.142. The molecule has 0 atom stereocenters. The number of halogens is 3. The van der Waals surface area contributed by atoms with Gasteiger partial charge in [0.05, 0.1) is 19.0 Å². The largest absolute Gasteiger partial charge is 0.497 e. The second-order valence-corrected chi connectivity index (χ2v) is 5.60. The number of aromatic nitrogens is 1.